The van der Waals surface area contributed by atoms with Gasteiger partial charge in [-0.3, -0.25) is 0 Å². The fourth-order valence-electron chi connectivity index (χ4n) is 2.17. The van der Waals surface area contributed by atoms with E-state index in [-0.39, 0.29) is 0 Å². The summed E-state index contributed by atoms with van der Waals surface area (Å²) in [5.74, 6) is 14.2. The molecular formula is C22H18N2S3. The predicted octanol–water partition coefficient (Wildman–Crippen LogP) is 5.20. The minimum atomic E-state index is 0.711. The molecule has 0 aliphatic rings. The Labute approximate surface area is 172 Å². The molecule has 0 saturated heterocycles. The van der Waals surface area contributed by atoms with E-state index in [4.69, 9.17) is 11.5 Å². The summed E-state index contributed by atoms with van der Waals surface area (Å²) in [5, 5.41) is 0. The third kappa shape index (κ3) is 6.05. The van der Waals surface area contributed by atoms with Crippen LogP contribution in [0.2, 0.25) is 0 Å². The fraction of sp³-hybridized carbons (Fsp3) is 0.0909. The molecule has 4 N–H and O–H groups in total. The molecular weight excluding hydrogens is 388 g/mol. The summed E-state index contributed by atoms with van der Waals surface area (Å²) >= 11 is 4.92. The van der Waals surface area contributed by atoms with Crippen molar-refractivity contribution in [3.05, 3.63) is 70.4 Å². The summed E-state index contributed by atoms with van der Waals surface area (Å²) in [5.41, 5.74) is 13.5. The van der Waals surface area contributed by atoms with E-state index in [0.29, 0.717) is 11.5 Å². The van der Waals surface area contributed by atoms with Crippen LogP contribution in [0.15, 0.2) is 70.5 Å². The van der Waals surface area contributed by atoms with E-state index in [1.165, 1.54) is 0 Å². The molecule has 1 heterocycles. The number of hydrogen-bond donors (Lipinski definition) is 2. The number of rotatable bonds is 4. The molecule has 0 bridgehead atoms. The molecule has 3 rings (SSSR count). The maximum absolute atomic E-state index is 5.93. The van der Waals surface area contributed by atoms with E-state index in [1.807, 2.05) is 60.7 Å². The smallest absolute Gasteiger partial charge is 0.0782 e. The average Bonchev–Trinajstić information content (AvgIpc) is 3.13. The Morgan fingerprint density at radius 3 is 1.56 bits per heavy atom. The van der Waals surface area contributed by atoms with Gasteiger partial charge in [0.1, 0.15) is 0 Å². The summed E-state index contributed by atoms with van der Waals surface area (Å²) < 4.78 is 0. The number of para-hydroxylation sites is 2. The van der Waals surface area contributed by atoms with Gasteiger partial charge in [-0.1, -0.05) is 47.9 Å². The van der Waals surface area contributed by atoms with Crippen LogP contribution in [-0.4, -0.2) is 11.5 Å². The number of benzene rings is 2. The average molecular weight is 407 g/mol. The van der Waals surface area contributed by atoms with Gasteiger partial charge in [0, 0.05) is 21.2 Å². The van der Waals surface area contributed by atoms with Crippen LogP contribution in [0, 0.1) is 23.7 Å². The van der Waals surface area contributed by atoms with Gasteiger partial charge < -0.3 is 11.5 Å². The first kappa shape index (κ1) is 19.3. The van der Waals surface area contributed by atoms with Crippen LogP contribution in [0.5, 0.6) is 0 Å². The molecule has 0 fully saturated rings. The van der Waals surface area contributed by atoms with E-state index in [0.717, 1.165) is 30.9 Å². The van der Waals surface area contributed by atoms with Crippen LogP contribution in [0.25, 0.3) is 0 Å². The summed E-state index contributed by atoms with van der Waals surface area (Å²) in [6, 6.07) is 19.7. The van der Waals surface area contributed by atoms with Crippen molar-refractivity contribution >= 4 is 46.2 Å². The molecule has 0 unspecified atom stereocenters. The zero-order valence-electron chi connectivity index (χ0n) is 14.6. The molecule has 1 aromatic heterocycles. The SMILES string of the molecule is Nc1ccccc1SCC#Cc1ccc(C#CCSc2ccccc2N)s1. The van der Waals surface area contributed by atoms with Gasteiger partial charge in [-0.25, -0.2) is 0 Å². The molecule has 0 radical (unpaired) electrons. The minimum Gasteiger partial charge on any atom is -0.398 e. The van der Waals surface area contributed by atoms with E-state index < -0.39 is 0 Å². The van der Waals surface area contributed by atoms with Gasteiger partial charge in [0.25, 0.3) is 0 Å². The maximum Gasteiger partial charge on any atom is 0.0782 e. The zero-order chi connectivity index (χ0) is 18.9. The Kier molecular flexibility index (Phi) is 7.19. The van der Waals surface area contributed by atoms with Gasteiger partial charge in [0.15, 0.2) is 0 Å². The lowest BCUT2D eigenvalue weighted by molar-refractivity contribution is 1.46. The third-order valence-electron chi connectivity index (χ3n) is 3.47. The molecule has 2 nitrogen and oxygen atoms in total. The standard InChI is InChI=1S/C22H18N2S3/c23-19-9-1-3-11-21(19)25-15-5-7-17-13-14-18(27-17)8-6-16-26-22-12-4-2-10-20(22)24/h1-4,9-14H,15-16,23-24H2. The summed E-state index contributed by atoms with van der Waals surface area (Å²) in [6.07, 6.45) is 0. The first-order valence-electron chi connectivity index (χ1n) is 8.24. The summed E-state index contributed by atoms with van der Waals surface area (Å²) in [6.45, 7) is 0. The first-order chi connectivity index (χ1) is 13.2. The van der Waals surface area contributed by atoms with Gasteiger partial charge >= 0.3 is 0 Å². The minimum absolute atomic E-state index is 0.711. The second-order valence-corrected chi connectivity index (χ2v) is 8.54. The largest absolute Gasteiger partial charge is 0.398 e. The second kappa shape index (κ2) is 10.0. The Hall–Kier alpha value is -2.44. The van der Waals surface area contributed by atoms with Gasteiger partial charge in [0.05, 0.1) is 21.3 Å². The highest BCUT2D eigenvalue weighted by Gasteiger charge is 1.98. The van der Waals surface area contributed by atoms with Crippen molar-refractivity contribution in [2.24, 2.45) is 0 Å². The molecule has 134 valence electrons. The molecule has 0 atom stereocenters. The Morgan fingerprint density at radius 2 is 1.11 bits per heavy atom. The lowest BCUT2D eigenvalue weighted by Crippen LogP contribution is -1.87. The molecule has 27 heavy (non-hydrogen) atoms. The highest BCUT2D eigenvalue weighted by molar-refractivity contribution is 7.99. The molecule has 0 amide bonds. The van der Waals surface area contributed by atoms with Crippen molar-refractivity contribution < 1.29 is 0 Å². The van der Waals surface area contributed by atoms with Crippen molar-refractivity contribution in [2.45, 2.75) is 9.79 Å². The monoisotopic (exact) mass is 406 g/mol. The molecule has 0 spiro atoms. The van der Waals surface area contributed by atoms with E-state index in [2.05, 4.69) is 23.7 Å². The summed E-state index contributed by atoms with van der Waals surface area (Å²) in [7, 11) is 0. The molecule has 5 heteroatoms. The maximum atomic E-state index is 5.93. The van der Waals surface area contributed by atoms with Crippen molar-refractivity contribution in [3.8, 4) is 23.7 Å². The van der Waals surface area contributed by atoms with Gasteiger partial charge in [-0.2, -0.15) is 0 Å². The number of thiophene rings is 1. The van der Waals surface area contributed by atoms with Gasteiger partial charge in [-0.15, -0.1) is 34.9 Å². The fourth-order valence-corrected chi connectivity index (χ4v) is 4.34. The first-order valence-corrected chi connectivity index (χ1v) is 11.0. The molecule has 0 saturated carbocycles. The number of anilines is 2. The highest BCUT2D eigenvalue weighted by atomic mass is 32.2. The van der Waals surface area contributed by atoms with Crippen molar-refractivity contribution in [2.75, 3.05) is 23.0 Å². The van der Waals surface area contributed by atoms with E-state index in [1.54, 1.807) is 34.9 Å². The van der Waals surface area contributed by atoms with Crippen LogP contribution < -0.4 is 11.5 Å². The lowest BCUT2D eigenvalue weighted by Gasteiger charge is -2.00. The van der Waals surface area contributed by atoms with Crippen LogP contribution in [0.1, 0.15) is 9.75 Å². The van der Waals surface area contributed by atoms with Crippen molar-refractivity contribution in [1.82, 2.24) is 0 Å². The molecule has 3 aromatic rings. The van der Waals surface area contributed by atoms with Crippen LogP contribution in [-0.2, 0) is 0 Å². The van der Waals surface area contributed by atoms with E-state index >= 15 is 0 Å². The second-order valence-electron chi connectivity index (χ2n) is 5.42. The van der Waals surface area contributed by atoms with Gasteiger partial charge in [0.2, 0.25) is 0 Å². The predicted molar refractivity (Wildman–Crippen MR) is 121 cm³/mol. The third-order valence-corrected chi connectivity index (χ3v) is 6.33. The molecule has 2 aromatic carbocycles. The zero-order valence-corrected chi connectivity index (χ0v) is 17.0. The van der Waals surface area contributed by atoms with Gasteiger partial charge in [-0.05, 0) is 36.4 Å². The number of thioether (sulfide) groups is 2. The Morgan fingerprint density at radius 1 is 0.667 bits per heavy atom. The quantitative estimate of drug-likeness (QED) is 0.355. The van der Waals surface area contributed by atoms with Crippen molar-refractivity contribution in [3.63, 3.8) is 0 Å². The topological polar surface area (TPSA) is 52.0 Å². The molecule has 0 aliphatic carbocycles. The summed E-state index contributed by atoms with van der Waals surface area (Å²) in [4.78, 5) is 4.20. The Balaban J connectivity index is 1.49. The number of nitrogen functional groups attached to an aromatic ring is 2. The normalized spacial score (nSPS) is 9.78. The molecule has 0 aliphatic heterocycles. The Bertz CT molecular complexity index is 950. The highest BCUT2D eigenvalue weighted by Crippen LogP contribution is 2.24. The van der Waals surface area contributed by atoms with Crippen LogP contribution in [0.4, 0.5) is 11.4 Å². The van der Waals surface area contributed by atoms with Crippen molar-refractivity contribution in [1.29, 1.82) is 0 Å². The van der Waals surface area contributed by atoms with E-state index in [9.17, 15) is 0 Å². The lowest BCUT2D eigenvalue weighted by atomic mass is 10.3. The number of nitrogens with two attached hydrogens (primary N) is 2. The van der Waals surface area contributed by atoms with Crippen LogP contribution >= 0.6 is 34.9 Å². The van der Waals surface area contributed by atoms with Crippen LogP contribution in [0.3, 0.4) is 0 Å². The number of hydrogen-bond acceptors (Lipinski definition) is 5.